The molecule has 0 aromatic rings. The van der Waals surface area contributed by atoms with Crippen molar-refractivity contribution < 1.29 is 42.9 Å². The van der Waals surface area contributed by atoms with Gasteiger partial charge in [-0.2, -0.15) is 0 Å². The molecule has 0 fully saturated rings. The van der Waals surface area contributed by atoms with Crippen LogP contribution < -0.4 is 5.11 Å². The molecule has 0 heterocycles. The van der Waals surface area contributed by atoms with E-state index in [-0.39, 0.29) is 32.7 Å². The summed E-state index contributed by atoms with van der Waals surface area (Å²) in [6.07, 6.45) is 63.8. The predicted molar refractivity (Wildman–Crippen MR) is 278 cm³/mol. The number of carbonyl (C=O) groups excluding carboxylic acids is 3. The molecule has 0 aliphatic rings. The Hall–Kier alpha value is -4.31. The summed E-state index contributed by atoms with van der Waals surface area (Å²) in [5.41, 5.74) is 0. The number of ether oxygens (including phenoxy) is 4. The first-order valence-electron chi connectivity index (χ1n) is 25.7. The van der Waals surface area contributed by atoms with Crippen LogP contribution in [0.3, 0.4) is 0 Å². The second-order valence-electron chi connectivity index (χ2n) is 17.7. The number of quaternary nitrogens is 1. The number of allylic oxidation sites excluding steroid dienone is 20. The maximum absolute atomic E-state index is 12.8. The highest BCUT2D eigenvalue weighted by molar-refractivity contribution is 5.70. The molecule has 0 aliphatic heterocycles. The molecule has 0 aromatic carbocycles. The van der Waals surface area contributed by atoms with Crippen LogP contribution in [0.1, 0.15) is 168 Å². The van der Waals surface area contributed by atoms with Crippen LogP contribution in [-0.4, -0.2) is 82.3 Å². The lowest BCUT2D eigenvalue weighted by Gasteiger charge is -2.26. The molecule has 378 valence electrons. The van der Waals surface area contributed by atoms with Gasteiger partial charge in [0.15, 0.2) is 12.4 Å². The van der Waals surface area contributed by atoms with Crippen molar-refractivity contribution in [3.05, 3.63) is 122 Å². The van der Waals surface area contributed by atoms with Gasteiger partial charge in [0.25, 0.3) is 0 Å². The van der Waals surface area contributed by atoms with Crippen molar-refractivity contribution in [1.29, 1.82) is 0 Å². The SMILES string of the molecule is CC/C=C\C/C=C\C/C=C\C/C=C\C/C=C\C/C=C\C/C=C\CCCC(=O)OC(COC(=O)CCCCCCCC/C=C\C/C=C\C/C=C\CCCCC)COC(OCC[N+](C)(C)C)C(=O)[O-]. The highest BCUT2D eigenvalue weighted by Gasteiger charge is 2.21. The number of unbranched alkanes of at least 4 members (excludes halogenated alkanes) is 10. The number of hydrogen-bond acceptors (Lipinski definition) is 8. The summed E-state index contributed by atoms with van der Waals surface area (Å²) >= 11 is 0. The van der Waals surface area contributed by atoms with Crippen LogP contribution in [-0.2, 0) is 33.3 Å². The fourth-order valence-electron chi connectivity index (χ4n) is 6.23. The molecule has 0 N–H and O–H groups in total. The van der Waals surface area contributed by atoms with E-state index in [9.17, 15) is 19.5 Å². The summed E-state index contributed by atoms with van der Waals surface area (Å²) in [4.78, 5) is 37.1. The molecular weight excluding hydrogens is 839 g/mol. The monoisotopic (exact) mass is 932 g/mol. The van der Waals surface area contributed by atoms with E-state index >= 15 is 0 Å². The van der Waals surface area contributed by atoms with Gasteiger partial charge in [0.2, 0.25) is 0 Å². The Morgan fingerprint density at radius 3 is 1.31 bits per heavy atom. The Kier molecular flexibility index (Phi) is 45.1. The molecule has 0 bridgehead atoms. The molecule has 0 rings (SSSR count). The summed E-state index contributed by atoms with van der Waals surface area (Å²) in [7, 11) is 5.88. The predicted octanol–water partition coefficient (Wildman–Crippen LogP) is 13.2. The topological polar surface area (TPSA) is 111 Å². The standard InChI is InChI=1S/C58H93NO8/c1-6-8-10-12-14-16-18-20-22-24-26-27-28-29-31-33-35-37-39-41-43-45-47-49-56(61)67-54(53-66-58(57(62)63)64-51-50-59(3,4)5)52-65-55(60)48-46-44-42-40-38-36-34-32-30-25-23-21-19-17-15-13-11-9-7-2/h8,10,14-17,20-23,26-27,29-32,35,37,41,43,54,58H,6-7,9,11-13,18-19,24-25,28,33-34,36,38-40,42,44-53H2,1-5H3/b10-8-,16-14-,17-15-,22-20-,23-21-,27-26-,31-29-,32-30-,37-35-,43-41-. The van der Waals surface area contributed by atoms with Gasteiger partial charge in [0.05, 0.1) is 40.3 Å². The van der Waals surface area contributed by atoms with E-state index in [0.29, 0.717) is 30.3 Å². The Labute approximate surface area is 408 Å². The minimum atomic E-state index is -1.65. The first-order valence-corrected chi connectivity index (χ1v) is 25.7. The minimum absolute atomic E-state index is 0.127. The van der Waals surface area contributed by atoms with Crippen LogP contribution in [0.4, 0.5) is 0 Å². The van der Waals surface area contributed by atoms with Crippen LogP contribution >= 0.6 is 0 Å². The van der Waals surface area contributed by atoms with Gasteiger partial charge in [-0.05, 0) is 103 Å². The van der Waals surface area contributed by atoms with E-state index in [4.69, 9.17) is 18.9 Å². The van der Waals surface area contributed by atoms with Crippen molar-refractivity contribution in [3.8, 4) is 0 Å². The molecule has 67 heavy (non-hydrogen) atoms. The smallest absolute Gasteiger partial charge is 0.306 e. The third kappa shape index (κ3) is 49.4. The van der Waals surface area contributed by atoms with Gasteiger partial charge in [-0.15, -0.1) is 0 Å². The minimum Gasteiger partial charge on any atom is -0.545 e. The number of hydrogen-bond donors (Lipinski definition) is 0. The van der Waals surface area contributed by atoms with Gasteiger partial charge in [-0.3, -0.25) is 9.59 Å². The Balaban J connectivity index is 4.52. The number of aliphatic carboxylic acids is 1. The number of likely N-dealkylation sites (N-methyl/N-ethyl adjacent to an activating group) is 1. The lowest BCUT2D eigenvalue weighted by molar-refractivity contribution is -0.870. The van der Waals surface area contributed by atoms with E-state index in [1.54, 1.807) is 0 Å². The van der Waals surface area contributed by atoms with E-state index in [2.05, 4.69) is 129 Å². The zero-order valence-electron chi connectivity index (χ0n) is 42.7. The molecule has 0 amide bonds. The largest absolute Gasteiger partial charge is 0.545 e. The number of carbonyl (C=O) groups is 3. The van der Waals surface area contributed by atoms with Crippen molar-refractivity contribution in [1.82, 2.24) is 0 Å². The fourth-order valence-corrected chi connectivity index (χ4v) is 6.23. The normalized spacial score (nSPS) is 13.9. The van der Waals surface area contributed by atoms with Crippen LogP contribution in [0.15, 0.2) is 122 Å². The zero-order valence-corrected chi connectivity index (χ0v) is 42.7. The van der Waals surface area contributed by atoms with Crippen molar-refractivity contribution in [2.45, 2.75) is 180 Å². The number of nitrogens with zero attached hydrogens (tertiary/aromatic N) is 1. The van der Waals surface area contributed by atoms with Gasteiger partial charge in [0, 0.05) is 12.8 Å². The van der Waals surface area contributed by atoms with Gasteiger partial charge in [0.1, 0.15) is 13.2 Å². The number of carboxylic acid groups (broad SMARTS) is 1. The summed E-state index contributed by atoms with van der Waals surface area (Å²) in [6, 6.07) is 0. The van der Waals surface area contributed by atoms with Crippen molar-refractivity contribution in [3.63, 3.8) is 0 Å². The highest BCUT2D eigenvalue weighted by atomic mass is 16.7. The molecular formula is C58H93NO8. The van der Waals surface area contributed by atoms with Gasteiger partial charge >= 0.3 is 11.9 Å². The second-order valence-corrected chi connectivity index (χ2v) is 17.7. The fraction of sp³-hybridized carbons (Fsp3) is 0.603. The van der Waals surface area contributed by atoms with Crippen molar-refractivity contribution in [2.24, 2.45) is 0 Å². The maximum Gasteiger partial charge on any atom is 0.306 e. The Bertz CT molecular complexity index is 1510. The van der Waals surface area contributed by atoms with E-state index in [1.165, 1.54) is 25.7 Å². The third-order valence-corrected chi connectivity index (χ3v) is 10.2. The Morgan fingerprint density at radius 2 is 0.866 bits per heavy atom. The summed E-state index contributed by atoms with van der Waals surface area (Å²) in [5.74, 6) is -2.40. The second kappa shape index (κ2) is 48.2. The highest BCUT2D eigenvalue weighted by Crippen LogP contribution is 2.12. The molecule has 0 aliphatic carbocycles. The molecule has 2 unspecified atom stereocenters. The zero-order chi connectivity index (χ0) is 49.2. The number of rotatable bonds is 45. The molecule has 0 saturated heterocycles. The van der Waals surface area contributed by atoms with E-state index in [1.807, 2.05) is 27.2 Å². The molecule has 2 atom stereocenters. The van der Waals surface area contributed by atoms with Crippen molar-refractivity contribution >= 4 is 17.9 Å². The van der Waals surface area contributed by atoms with E-state index < -0.39 is 30.3 Å². The van der Waals surface area contributed by atoms with E-state index in [0.717, 1.165) is 96.3 Å². The van der Waals surface area contributed by atoms with Crippen LogP contribution in [0.5, 0.6) is 0 Å². The first-order chi connectivity index (χ1) is 32.6. The average molecular weight is 932 g/mol. The molecule has 9 heteroatoms. The lowest BCUT2D eigenvalue weighted by Crippen LogP contribution is -2.44. The molecule has 0 saturated carbocycles. The summed E-state index contributed by atoms with van der Waals surface area (Å²) in [5, 5.41) is 11.7. The number of carboxylic acids is 1. The van der Waals surface area contributed by atoms with Crippen LogP contribution in [0, 0.1) is 0 Å². The Morgan fingerprint density at radius 1 is 0.463 bits per heavy atom. The van der Waals surface area contributed by atoms with Gasteiger partial charge in [-0.25, -0.2) is 0 Å². The quantitative estimate of drug-likeness (QED) is 0.0195. The summed E-state index contributed by atoms with van der Waals surface area (Å²) < 4.78 is 22.5. The maximum atomic E-state index is 12.8. The number of esters is 2. The molecule has 9 nitrogen and oxygen atoms in total. The van der Waals surface area contributed by atoms with Gasteiger partial charge < -0.3 is 33.3 Å². The van der Waals surface area contributed by atoms with Gasteiger partial charge in [-0.1, -0.05) is 174 Å². The van der Waals surface area contributed by atoms with Crippen LogP contribution in [0.25, 0.3) is 0 Å². The van der Waals surface area contributed by atoms with Crippen LogP contribution in [0.2, 0.25) is 0 Å². The lowest BCUT2D eigenvalue weighted by atomic mass is 10.1. The first kappa shape index (κ1) is 62.7. The molecule has 0 aromatic heterocycles. The molecule has 0 radical (unpaired) electrons. The van der Waals surface area contributed by atoms with Crippen molar-refractivity contribution in [2.75, 3.05) is 47.5 Å². The average Bonchev–Trinajstić information content (AvgIpc) is 3.29. The summed E-state index contributed by atoms with van der Waals surface area (Å²) in [6.45, 7) is 4.49. The molecule has 0 spiro atoms. The third-order valence-electron chi connectivity index (χ3n) is 10.2.